The average Bonchev–Trinajstić information content (AvgIpc) is 3.44. The molecule has 1 saturated heterocycles. The van der Waals surface area contributed by atoms with Crippen LogP contribution in [0.4, 0.5) is 5.82 Å². The highest BCUT2D eigenvalue weighted by atomic mass is 16.4. The molecule has 0 unspecified atom stereocenters. The van der Waals surface area contributed by atoms with E-state index in [0.29, 0.717) is 28.3 Å². The van der Waals surface area contributed by atoms with Gasteiger partial charge >= 0.3 is 5.97 Å². The summed E-state index contributed by atoms with van der Waals surface area (Å²) in [5, 5.41) is 19.9. The highest BCUT2D eigenvalue weighted by molar-refractivity contribution is 6.03. The van der Waals surface area contributed by atoms with Crippen LogP contribution in [-0.4, -0.2) is 58.6 Å². The lowest BCUT2D eigenvalue weighted by molar-refractivity contribution is 0.0699. The molecule has 0 aliphatic carbocycles. The number of anilines is 1. The number of hydrogen-bond donors (Lipinski definition) is 1. The van der Waals surface area contributed by atoms with E-state index in [0.717, 1.165) is 42.0 Å². The Morgan fingerprint density at radius 3 is 2.58 bits per heavy atom. The molecule has 7 heteroatoms. The topological polar surface area (TPSA) is 84.9 Å². The van der Waals surface area contributed by atoms with E-state index in [-0.39, 0.29) is 5.56 Å². The molecule has 1 aliphatic heterocycles. The molecule has 0 amide bonds. The highest BCUT2D eigenvalue weighted by Crippen LogP contribution is 2.41. The van der Waals surface area contributed by atoms with Gasteiger partial charge < -0.3 is 14.9 Å². The van der Waals surface area contributed by atoms with Crippen molar-refractivity contribution < 1.29 is 9.90 Å². The minimum absolute atomic E-state index is 0.137. The number of imidazole rings is 1. The molecule has 1 fully saturated rings. The molecule has 2 aromatic heterocycles. The number of para-hydroxylation sites is 1. The number of likely N-dealkylation sites (N-methyl/N-ethyl adjacent to an activating group) is 1. The first-order valence-electron chi connectivity index (χ1n) is 11.0. The molecular weight excluding hydrogens is 414 g/mol. The molecule has 33 heavy (non-hydrogen) atoms. The number of hydrogen-bond acceptors (Lipinski definition) is 5. The number of carboxylic acids is 1. The van der Waals surface area contributed by atoms with Gasteiger partial charge in [0.2, 0.25) is 0 Å². The predicted octanol–water partition coefficient (Wildman–Crippen LogP) is 4.17. The van der Waals surface area contributed by atoms with Crippen molar-refractivity contribution in [2.45, 2.75) is 19.4 Å². The van der Waals surface area contributed by atoms with E-state index >= 15 is 0 Å². The van der Waals surface area contributed by atoms with E-state index in [1.165, 1.54) is 0 Å². The van der Waals surface area contributed by atoms with Crippen molar-refractivity contribution in [3.8, 4) is 17.2 Å². The van der Waals surface area contributed by atoms with Gasteiger partial charge in [0.15, 0.2) is 5.65 Å². The van der Waals surface area contributed by atoms with Crippen LogP contribution in [0, 0.1) is 18.3 Å². The van der Waals surface area contributed by atoms with E-state index < -0.39 is 5.97 Å². The number of nitrogens with zero attached hydrogens (tertiary/aromatic N) is 5. The number of fused-ring (bicyclic) bond motifs is 3. The maximum atomic E-state index is 11.9. The van der Waals surface area contributed by atoms with Gasteiger partial charge in [0, 0.05) is 24.7 Å². The van der Waals surface area contributed by atoms with E-state index in [9.17, 15) is 15.2 Å². The lowest BCUT2D eigenvalue weighted by atomic mass is 9.97. The number of carboxylic acid groups (broad SMARTS) is 1. The molecule has 166 valence electrons. The third-order valence-corrected chi connectivity index (χ3v) is 6.69. The molecule has 1 atom stereocenters. The number of carbonyl (C=O) groups is 1. The summed E-state index contributed by atoms with van der Waals surface area (Å²) < 4.78 is 1.99. The molecule has 1 N–H and O–H groups in total. The van der Waals surface area contributed by atoms with Gasteiger partial charge in [-0.2, -0.15) is 5.26 Å². The standard InChI is InChI=1S/C26H25N5O2/c1-16-20(14-27)24-28-23-19(26(32)33)10-7-11-21(23)31(24)25(22(16)17-8-5-4-6-9-17)30-13-12-18(15-30)29(2)3/h4-11,18H,12-13,15H2,1-3H3,(H,32,33)/t18-/m0/s1. The largest absolute Gasteiger partial charge is 0.478 e. The summed E-state index contributed by atoms with van der Waals surface area (Å²) >= 11 is 0. The van der Waals surface area contributed by atoms with E-state index in [2.05, 4.69) is 42.1 Å². The van der Waals surface area contributed by atoms with Crippen LogP contribution in [0.2, 0.25) is 0 Å². The Bertz CT molecular complexity index is 1430. The molecule has 0 radical (unpaired) electrons. The van der Waals surface area contributed by atoms with Gasteiger partial charge in [0.05, 0.1) is 16.6 Å². The first kappa shape index (κ1) is 21.0. The van der Waals surface area contributed by atoms with Crippen LogP contribution in [0.15, 0.2) is 48.5 Å². The smallest absolute Gasteiger partial charge is 0.337 e. The van der Waals surface area contributed by atoms with E-state index in [4.69, 9.17) is 4.98 Å². The average molecular weight is 440 g/mol. The molecule has 0 bridgehead atoms. The number of rotatable bonds is 4. The van der Waals surface area contributed by atoms with Gasteiger partial charge in [0.25, 0.3) is 0 Å². The molecule has 3 heterocycles. The quantitative estimate of drug-likeness (QED) is 0.514. The summed E-state index contributed by atoms with van der Waals surface area (Å²) in [5.74, 6) is -0.0694. The normalized spacial score (nSPS) is 16.1. The third kappa shape index (κ3) is 3.22. The third-order valence-electron chi connectivity index (χ3n) is 6.69. The second-order valence-electron chi connectivity index (χ2n) is 8.78. The SMILES string of the molecule is Cc1c(-c2ccccc2)c(N2CC[C@H](N(C)C)C2)n2c(nc3c(C(=O)O)cccc32)c1C#N. The zero-order chi connectivity index (χ0) is 23.3. The van der Waals surface area contributed by atoms with Crippen molar-refractivity contribution in [3.63, 3.8) is 0 Å². The van der Waals surface area contributed by atoms with Crippen molar-refractivity contribution in [2.75, 3.05) is 32.1 Å². The highest BCUT2D eigenvalue weighted by Gasteiger charge is 2.31. The maximum Gasteiger partial charge on any atom is 0.337 e. The Labute approximate surface area is 192 Å². The summed E-state index contributed by atoms with van der Waals surface area (Å²) in [7, 11) is 4.19. The van der Waals surface area contributed by atoms with Crippen molar-refractivity contribution in [2.24, 2.45) is 0 Å². The van der Waals surface area contributed by atoms with Gasteiger partial charge in [-0.25, -0.2) is 9.78 Å². The number of pyridine rings is 1. The number of benzene rings is 2. The lowest BCUT2D eigenvalue weighted by Crippen LogP contribution is -2.32. The Morgan fingerprint density at radius 1 is 1.18 bits per heavy atom. The van der Waals surface area contributed by atoms with Crippen LogP contribution in [0.3, 0.4) is 0 Å². The maximum absolute atomic E-state index is 11.9. The van der Waals surface area contributed by atoms with Crippen LogP contribution in [0.1, 0.15) is 27.9 Å². The fraction of sp³-hybridized carbons (Fsp3) is 0.269. The molecule has 0 saturated carbocycles. The molecule has 2 aromatic carbocycles. The Balaban J connectivity index is 1.94. The summed E-state index contributed by atoms with van der Waals surface area (Å²) in [5.41, 5.74) is 5.06. The summed E-state index contributed by atoms with van der Waals surface area (Å²) in [4.78, 5) is 21.2. The van der Waals surface area contributed by atoms with Gasteiger partial charge in [0.1, 0.15) is 17.4 Å². The van der Waals surface area contributed by atoms with Crippen molar-refractivity contribution in [1.82, 2.24) is 14.3 Å². The van der Waals surface area contributed by atoms with Crippen LogP contribution < -0.4 is 4.90 Å². The molecule has 0 spiro atoms. The number of nitriles is 1. The molecule has 1 aliphatic rings. The summed E-state index contributed by atoms with van der Waals surface area (Å²) in [6.07, 6.45) is 1.02. The van der Waals surface area contributed by atoms with Gasteiger partial charge in [-0.1, -0.05) is 36.4 Å². The Kier molecular flexibility index (Phi) is 5.03. The van der Waals surface area contributed by atoms with Crippen LogP contribution in [0.25, 0.3) is 27.8 Å². The first-order chi connectivity index (χ1) is 15.9. The lowest BCUT2D eigenvalue weighted by Gasteiger charge is -2.27. The number of aromatic carboxylic acids is 1. The first-order valence-corrected chi connectivity index (χ1v) is 11.0. The van der Waals surface area contributed by atoms with Crippen LogP contribution >= 0.6 is 0 Å². The van der Waals surface area contributed by atoms with Crippen molar-refractivity contribution >= 4 is 28.5 Å². The molecular formula is C26H25N5O2. The second kappa shape index (κ2) is 7.91. The Morgan fingerprint density at radius 2 is 1.94 bits per heavy atom. The van der Waals surface area contributed by atoms with Crippen molar-refractivity contribution in [3.05, 3.63) is 65.2 Å². The second-order valence-corrected chi connectivity index (χ2v) is 8.78. The predicted molar refractivity (Wildman–Crippen MR) is 129 cm³/mol. The fourth-order valence-corrected chi connectivity index (χ4v) is 4.97. The summed E-state index contributed by atoms with van der Waals surface area (Å²) in [6.45, 7) is 3.66. The van der Waals surface area contributed by atoms with Gasteiger partial charge in [-0.15, -0.1) is 0 Å². The minimum Gasteiger partial charge on any atom is -0.478 e. The molecule has 4 aromatic rings. The van der Waals surface area contributed by atoms with Crippen LogP contribution in [0.5, 0.6) is 0 Å². The van der Waals surface area contributed by atoms with Crippen LogP contribution in [-0.2, 0) is 0 Å². The fourth-order valence-electron chi connectivity index (χ4n) is 4.97. The van der Waals surface area contributed by atoms with Gasteiger partial charge in [-0.3, -0.25) is 4.40 Å². The van der Waals surface area contributed by atoms with Crippen molar-refractivity contribution in [1.29, 1.82) is 5.26 Å². The zero-order valence-corrected chi connectivity index (χ0v) is 18.9. The molecule has 5 rings (SSSR count). The number of aromatic nitrogens is 2. The van der Waals surface area contributed by atoms with Gasteiger partial charge in [-0.05, 0) is 50.7 Å². The summed E-state index contributed by atoms with van der Waals surface area (Å²) in [6, 6.07) is 18.0. The van der Waals surface area contributed by atoms with E-state index in [1.807, 2.05) is 35.6 Å². The zero-order valence-electron chi connectivity index (χ0n) is 18.9. The minimum atomic E-state index is -1.03. The van der Waals surface area contributed by atoms with E-state index in [1.54, 1.807) is 12.1 Å². The Hall–Kier alpha value is -3.89. The molecule has 7 nitrogen and oxygen atoms in total. The monoisotopic (exact) mass is 439 g/mol.